The number of aryl methyl sites for hydroxylation is 1. The molecular weight excluding hydrogens is 450 g/mol. The molecule has 9 heteroatoms. The molecule has 2 aliphatic rings. The van der Waals surface area contributed by atoms with Gasteiger partial charge in [-0.25, -0.2) is 18.3 Å². The predicted molar refractivity (Wildman–Crippen MR) is 128 cm³/mol. The van der Waals surface area contributed by atoms with Crippen molar-refractivity contribution < 1.29 is 13.5 Å². The lowest BCUT2D eigenvalue weighted by Gasteiger charge is -2.42. The molecule has 7 nitrogen and oxygen atoms in total. The smallest absolute Gasteiger partial charge is 0.168 e. The average Bonchev–Trinajstić information content (AvgIpc) is 3.45. The van der Waals surface area contributed by atoms with Crippen LogP contribution in [0.4, 0.5) is 14.6 Å². The van der Waals surface area contributed by atoms with Crippen molar-refractivity contribution in [2.75, 3.05) is 25.1 Å². The number of aromatic nitrogens is 4. The first-order valence-electron chi connectivity index (χ1n) is 11.7. The first kappa shape index (κ1) is 21.9. The van der Waals surface area contributed by atoms with E-state index < -0.39 is 11.6 Å². The Morgan fingerprint density at radius 2 is 1.97 bits per heavy atom. The van der Waals surface area contributed by atoms with Crippen LogP contribution in [0.5, 0.6) is 5.75 Å². The Hall–Kier alpha value is -3.59. The van der Waals surface area contributed by atoms with Crippen molar-refractivity contribution >= 4 is 11.3 Å². The highest BCUT2D eigenvalue weighted by atomic mass is 19.2. The zero-order valence-electron chi connectivity index (χ0n) is 19.6. The van der Waals surface area contributed by atoms with E-state index in [1.165, 1.54) is 6.07 Å². The van der Waals surface area contributed by atoms with Crippen molar-refractivity contribution in [3.63, 3.8) is 0 Å². The fourth-order valence-corrected chi connectivity index (χ4v) is 5.75. The van der Waals surface area contributed by atoms with Gasteiger partial charge in [0.05, 0.1) is 30.9 Å². The van der Waals surface area contributed by atoms with Gasteiger partial charge in [0.25, 0.3) is 0 Å². The molecule has 6 rings (SSSR count). The molecule has 0 saturated carbocycles. The monoisotopic (exact) mass is 476 g/mol. The Balaban J connectivity index is 1.32. The lowest BCUT2D eigenvalue weighted by molar-refractivity contribution is 0.186. The van der Waals surface area contributed by atoms with Gasteiger partial charge in [0.15, 0.2) is 17.5 Å². The van der Waals surface area contributed by atoms with E-state index in [0.717, 1.165) is 66.8 Å². The second kappa shape index (κ2) is 7.98. The van der Waals surface area contributed by atoms with Gasteiger partial charge in [0.2, 0.25) is 0 Å². The number of nitrogens with two attached hydrogens (primary N) is 1. The Labute approximate surface area is 201 Å². The van der Waals surface area contributed by atoms with Gasteiger partial charge in [-0.2, -0.15) is 5.10 Å². The zero-order valence-corrected chi connectivity index (χ0v) is 19.6. The maximum atomic E-state index is 14.6. The van der Waals surface area contributed by atoms with E-state index in [1.54, 1.807) is 37.0 Å². The van der Waals surface area contributed by atoms with Crippen LogP contribution in [0.1, 0.15) is 35.8 Å². The Morgan fingerprint density at radius 3 is 2.74 bits per heavy atom. The number of ether oxygens (including phenoxy) is 1. The van der Waals surface area contributed by atoms with Crippen LogP contribution in [0.15, 0.2) is 42.7 Å². The summed E-state index contributed by atoms with van der Waals surface area (Å²) in [5, 5.41) is 4.43. The van der Waals surface area contributed by atoms with E-state index >= 15 is 0 Å². The summed E-state index contributed by atoms with van der Waals surface area (Å²) in [6.07, 6.45) is 6.07. The maximum absolute atomic E-state index is 14.6. The molecule has 4 aromatic rings. The third-order valence-electron chi connectivity index (χ3n) is 7.69. The number of hydrogen-bond donors (Lipinski definition) is 1. The Morgan fingerprint density at radius 1 is 1.17 bits per heavy atom. The maximum Gasteiger partial charge on any atom is 0.168 e. The van der Waals surface area contributed by atoms with Gasteiger partial charge in [0, 0.05) is 30.4 Å². The highest BCUT2D eigenvalue weighted by Gasteiger charge is 2.47. The van der Waals surface area contributed by atoms with Gasteiger partial charge in [-0.1, -0.05) is 6.07 Å². The molecule has 0 bridgehead atoms. The second-order valence-electron chi connectivity index (χ2n) is 9.51. The Kier molecular flexibility index (Phi) is 5.00. The Bertz CT molecular complexity index is 1440. The molecule has 4 heterocycles. The summed E-state index contributed by atoms with van der Waals surface area (Å²) in [5.74, 6) is -0.277. The van der Waals surface area contributed by atoms with E-state index in [2.05, 4.69) is 15.0 Å². The molecule has 1 aromatic carbocycles. The molecule has 0 amide bonds. The average molecular weight is 477 g/mol. The molecule has 0 radical (unpaired) electrons. The standard InChI is InChI=1S/C26H26F2N6O/c1-15-23(17-4-3-5-19(27)22(17)28)34-21(6-9-31-34)25(32-15)33-10-7-26(8-11-33)13-20-18(24(26)29)12-16(35-2)14-30-20/h3-6,9,12,14,24H,7-8,10-11,13,29H2,1-2H3/t24-/m1/s1. The van der Waals surface area contributed by atoms with E-state index in [0.29, 0.717) is 11.4 Å². The highest BCUT2D eigenvalue weighted by Crippen LogP contribution is 2.51. The number of halogens is 2. The van der Waals surface area contributed by atoms with E-state index in [9.17, 15) is 8.78 Å². The number of rotatable bonds is 3. The summed E-state index contributed by atoms with van der Waals surface area (Å²) in [6, 6.07) is 7.94. The minimum Gasteiger partial charge on any atom is -0.495 e. The number of fused-ring (bicyclic) bond motifs is 2. The molecular formula is C26H26F2N6O. The SMILES string of the molecule is COc1cnc2c(c1)[C@@H](N)C1(CCN(c3nc(C)c(-c4cccc(F)c4F)n4nccc34)CC1)C2. The number of hydrogen-bond acceptors (Lipinski definition) is 6. The van der Waals surface area contributed by atoms with Crippen LogP contribution < -0.4 is 15.4 Å². The van der Waals surface area contributed by atoms with Crippen LogP contribution in [-0.4, -0.2) is 39.8 Å². The number of methoxy groups -OCH3 is 1. The second-order valence-corrected chi connectivity index (χ2v) is 9.51. The molecule has 2 N–H and O–H groups in total. The fourth-order valence-electron chi connectivity index (χ4n) is 5.75. The largest absolute Gasteiger partial charge is 0.495 e. The lowest BCUT2D eigenvalue weighted by Crippen LogP contribution is -2.44. The van der Waals surface area contributed by atoms with E-state index in [4.69, 9.17) is 15.5 Å². The van der Waals surface area contributed by atoms with Gasteiger partial charge in [-0.3, -0.25) is 4.98 Å². The summed E-state index contributed by atoms with van der Waals surface area (Å²) >= 11 is 0. The van der Waals surface area contributed by atoms with Crippen molar-refractivity contribution in [2.24, 2.45) is 11.1 Å². The molecule has 3 aromatic heterocycles. The van der Waals surface area contributed by atoms with Crippen LogP contribution in [0, 0.1) is 24.0 Å². The van der Waals surface area contributed by atoms with Crippen molar-refractivity contribution in [2.45, 2.75) is 32.2 Å². The third-order valence-corrected chi connectivity index (χ3v) is 7.69. The minimum absolute atomic E-state index is 0.0472. The summed E-state index contributed by atoms with van der Waals surface area (Å²) in [4.78, 5) is 11.7. The molecule has 1 atom stereocenters. The molecule has 35 heavy (non-hydrogen) atoms. The van der Waals surface area contributed by atoms with Gasteiger partial charge in [0.1, 0.15) is 11.3 Å². The summed E-state index contributed by atoms with van der Waals surface area (Å²) in [6.45, 7) is 3.36. The molecule has 1 saturated heterocycles. The molecule has 1 aliphatic carbocycles. The van der Waals surface area contributed by atoms with Crippen LogP contribution in [0.25, 0.3) is 16.8 Å². The lowest BCUT2D eigenvalue weighted by atomic mass is 9.73. The van der Waals surface area contributed by atoms with E-state index in [1.807, 2.05) is 12.1 Å². The molecule has 180 valence electrons. The fraction of sp³-hybridized carbons (Fsp3) is 0.346. The highest BCUT2D eigenvalue weighted by molar-refractivity contribution is 5.75. The van der Waals surface area contributed by atoms with E-state index in [-0.39, 0.29) is 17.0 Å². The number of benzene rings is 1. The predicted octanol–water partition coefficient (Wildman–Crippen LogP) is 4.23. The molecule has 0 unspecified atom stereocenters. The number of pyridine rings is 1. The first-order valence-corrected chi connectivity index (χ1v) is 11.7. The minimum atomic E-state index is -0.901. The summed E-state index contributed by atoms with van der Waals surface area (Å²) in [5.41, 5.74) is 10.8. The third kappa shape index (κ3) is 3.29. The van der Waals surface area contributed by atoms with Crippen LogP contribution >= 0.6 is 0 Å². The summed E-state index contributed by atoms with van der Waals surface area (Å²) in [7, 11) is 1.64. The van der Waals surface area contributed by atoms with Gasteiger partial charge >= 0.3 is 0 Å². The molecule has 1 aliphatic heterocycles. The quantitative estimate of drug-likeness (QED) is 0.477. The normalized spacial score (nSPS) is 18.9. The number of piperidine rings is 1. The van der Waals surface area contributed by atoms with Gasteiger partial charge in [-0.15, -0.1) is 0 Å². The van der Waals surface area contributed by atoms with Gasteiger partial charge in [-0.05, 0) is 61.4 Å². The molecule has 1 fully saturated rings. The van der Waals surface area contributed by atoms with Crippen LogP contribution in [0.3, 0.4) is 0 Å². The topological polar surface area (TPSA) is 81.6 Å². The van der Waals surface area contributed by atoms with Crippen molar-refractivity contribution in [1.29, 1.82) is 0 Å². The van der Waals surface area contributed by atoms with Crippen molar-refractivity contribution in [1.82, 2.24) is 19.6 Å². The van der Waals surface area contributed by atoms with Crippen LogP contribution in [-0.2, 0) is 6.42 Å². The van der Waals surface area contributed by atoms with Crippen molar-refractivity contribution in [3.05, 3.63) is 71.3 Å². The van der Waals surface area contributed by atoms with Gasteiger partial charge < -0.3 is 15.4 Å². The zero-order chi connectivity index (χ0) is 24.3. The number of anilines is 1. The number of nitrogens with zero attached hydrogens (tertiary/aromatic N) is 5. The van der Waals surface area contributed by atoms with Crippen molar-refractivity contribution in [3.8, 4) is 17.0 Å². The summed E-state index contributed by atoms with van der Waals surface area (Å²) < 4.78 is 35.6. The van der Waals surface area contributed by atoms with Crippen LogP contribution in [0.2, 0.25) is 0 Å². The molecule has 1 spiro atoms. The first-order chi connectivity index (χ1) is 16.9.